The van der Waals surface area contributed by atoms with Gasteiger partial charge in [0.05, 0.1) is 18.3 Å². The number of aromatic nitrogens is 4. The molecule has 1 amide bonds. The number of carbonyl (C=O) groups is 1. The van der Waals surface area contributed by atoms with Gasteiger partial charge in [-0.1, -0.05) is 0 Å². The lowest BCUT2D eigenvalue weighted by Gasteiger charge is -2.17. The first-order valence-electron chi connectivity index (χ1n) is 7.64. The molecule has 4 rings (SSSR count). The molecule has 2 aromatic heterocycles. The van der Waals surface area contributed by atoms with E-state index >= 15 is 0 Å². The van der Waals surface area contributed by atoms with Crippen molar-refractivity contribution >= 4 is 28.7 Å². The van der Waals surface area contributed by atoms with Gasteiger partial charge in [0, 0.05) is 30.9 Å². The van der Waals surface area contributed by atoms with E-state index in [9.17, 15) is 4.79 Å². The number of amides is 1. The first-order valence-corrected chi connectivity index (χ1v) is 8.37. The number of benzene rings is 1. The second kappa shape index (κ2) is 6.41. The number of rotatable bonds is 3. The maximum Gasteiger partial charge on any atom is 0.254 e. The van der Waals surface area contributed by atoms with Crippen LogP contribution in [-0.2, 0) is 0 Å². The Bertz CT molecular complexity index is 982. The lowest BCUT2D eigenvalue weighted by Crippen LogP contribution is -2.31. The third kappa shape index (κ3) is 2.99. The Kier molecular flexibility index (Phi) is 3.95. The van der Waals surface area contributed by atoms with Crippen LogP contribution in [0.2, 0.25) is 0 Å². The van der Waals surface area contributed by atoms with Crippen molar-refractivity contribution in [3.8, 4) is 11.9 Å². The Morgan fingerprint density at radius 2 is 2.12 bits per heavy atom. The summed E-state index contributed by atoms with van der Waals surface area (Å²) in [7, 11) is 0. The summed E-state index contributed by atoms with van der Waals surface area (Å²) >= 11 is 1.13. The minimum atomic E-state index is -0.211. The molecular weight excluding hydrogens is 340 g/mol. The van der Waals surface area contributed by atoms with E-state index in [1.807, 2.05) is 6.07 Å². The van der Waals surface area contributed by atoms with E-state index in [0.717, 1.165) is 22.8 Å². The number of hydrogen-bond donors (Lipinski definition) is 0. The summed E-state index contributed by atoms with van der Waals surface area (Å²) < 4.78 is 14.1. The molecule has 1 saturated heterocycles. The van der Waals surface area contributed by atoms with Gasteiger partial charge in [-0.25, -0.2) is 9.97 Å². The topological polar surface area (TPSA) is 105 Å². The van der Waals surface area contributed by atoms with Crippen LogP contribution >= 0.6 is 11.7 Å². The Morgan fingerprint density at radius 3 is 3.00 bits per heavy atom. The second-order valence-electron chi connectivity index (χ2n) is 5.57. The molecule has 0 saturated carbocycles. The zero-order valence-corrected chi connectivity index (χ0v) is 13.8. The van der Waals surface area contributed by atoms with Gasteiger partial charge < -0.3 is 9.64 Å². The molecule has 3 aromatic rings. The summed E-state index contributed by atoms with van der Waals surface area (Å²) in [6, 6.07) is 7.27. The number of fused-ring (bicyclic) bond motifs is 1. The first-order chi connectivity index (χ1) is 12.2. The van der Waals surface area contributed by atoms with Crippen LogP contribution in [0.1, 0.15) is 22.5 Å². The molecule has 124 valence electrons. The second-order valence-corrected chi connectivity index (χ2v) is 6.10. The summed E-state index contributed by atoms with van der Waals surface area (Å²) in [4.78, 5) is 22.4. The number of likely N-dealkylation sites (tertiary alicyclic amines) is 1. The van der Waals surface area contributed by atoms with Gasteiger partial charge in [0.2, 0.25) is 5.69 Å². The van der Waals surface area contributed by atoms with Crippen molar-refractivity contribution in [2.45, 2.75) is 12.5 Å². The first kappa shape index (κ1) is 15.4. The van der Waals surface area contributed by atoms with Crippen LogP contribution in [-0.4, -0.2) is 48.7 Å². The molecule has 0 N–H and O–H groups in total. The summed E-state index contributed by atoms with van der Waals surface area (Å²) in [5.74, 6) is 0.139. The van der Waals surface area contributed by atoms with Gasteiger partial charge in [0.25, 0.3) is 11.8 Å². The average molecular weight is 352 g/mol. The highest BCUT2D eigenvalue weighted by atomic mass is 32.1. The smallest absolute Gasteiger partial charge is 0.254 e. The third-order valence-electron chi connectivity index (χ3n) is 3.98. The van der Waals surface area contributed by atoms with Crippen LogP contribution in [0, 0.1) is 11.3 Å². The number of hydrogen-bond acceptors (Lipinski definition) is 8. The molecule has 25 heavy (non-hydrogen) atoms. The van der Waals surface area contributed by atoms with E-state index < -0.39 is 0 Å². The molecule has 1 unspecified atom stereocenters. The molecule has 0 radical (unpaired) electrons. The van der Waals surface area contributed by atoms with Crippen LogP contribution < -0.4 is 4.74 Å². The largest absolute Gasteiger partial charge is 0.470 e. The van der Waals surface area contributed by atoms with Gasteiger partial charge in [-0.3, -0.25) is 4.79 Å². The van der Waals surface area contributed by atoms with Gasteiger partial charge in [-0.15, -0.1) is 0 Å². The average Bonchev–Trinajstić information content (AvgIpc) is 3.30. The normalized spacial score (nSPS) is 16.8. The summed E-state index contributed by atoms with van der Waals surface area (Å²) in [6.07, 6.45) is 3.38. The minimum absolute atomic E-state index is 0.0688. The molecule has 8 nitrogen and oxygen atoms in total. The number of ether oxygens (including phenoxy) is 1. The number of carbonyl (C=O) groups excluding carboxylic acids is 1. The van der Waals surface area contributed by atoms with E-state index in [2.05, 4.69) is 18.7 Å². The van der Waals surface area contributed by atoms with Crippen molar-refractivity contribution in [3.05, 3.63) is 41.9 Å². The van der Waals surface area contributed by atoms with Gasteiger partial charge in [0.1, 0.15) is 23.2 Å². The highest BCUT2D eigenvalue weighted by Crippen LogP contribution is 2.21. The van der Waals surface area contributed by atoms with E-state index in [4.69, 9.17) is 10.00 Å². The highest BCUT2D eigenvalue weighted by molar-refractivity contribution is 7.00. The van der Waals surface area contributed by atoms with E-state index in [0.29, 0.717) is 25.1 Å². The number of nitriles is 1. The third-order valence-corrected chi connectivity index (χ3v) is 4.54. The van der Waals surface area contributed by atoms with Crippen LogP contribution in [0.3, 0.4) is 0 Å². The minimum Gasteiger partial charge on any atom is -0.470 e. The fraction of sp³-hybridized carbons (Fsp3) is 0.250. The lowest BCUT2D eigenvalue weighted by molar-refractivity contribution is 0.0771. The van der Waals surface area contributed by atoms with Gasteiger partial charge in [-0.2, -0.15) is 14.0 Å². The summed E-state index contributed by atoms with van der Waals surface area (Å²) in [6.45, 7) is 1.02. The van der Waals surface area contributed by atoms with Gasteiger partial charge in [0.15, 0.2) is 0 Å². The van der Waals surface area contributed by atoms with Gasteiger partial charge >= 0.3 is 0 Å². The zero-order valence-electron chi connectivity index (χ0n) is 13.0. The van der Waals surface area contributed by atoms with Crippen molar-refractivity contribution in [2.24, 2.45) is 0 Å². The molecule has 3 heterocycles. The van der Waals surface area contributed by atoms with Crippen LogP contribution in [0.25, 0.3) is 11.0 Å². The van der Waals surface area contributed by atoms with E-state index in [-0.39, 0.29) is 23.6 Å². The van der Waals surface area contributed by atoms with Crippen LogP contribution in [0.15, 0.2) is 30.6 Å². The van der Waals surface area contributed by atoms with Crippen LogP contribution in [0.4, 0.5) is 0 Å². The predicted molar refractivity (Wildman–Crippen MR) is 89.1 cm³/mol. The Labute approximate surface area is 147 Å². The molecule has 0 bridgehead atoms. The molecule has 1 atom stereocenters. The van der Waals surface area contributed by atoms with Crippen molar-refractivity contribution in [1.82, 2.24) is 23.6 Å². The Morgan fingerprint density at radius 1 is 1.28 bits per heavy atom. The number of nitrogens with zero attached hydrogens (tertiary/aromatic N) is 6. The summed E-state index contributed by atoms with van der Waals surface area (Å²) in [5, 5.41) is 9.04. The Balaban J connectivity index is 1.46. The molecule has 1 aliphatic rings. The zero-order chi connectivity index (χ0) is 17.2. The molecule has 1 fully saturated rings. The predicted octanol–water partition coefficient (Wildman–Crippen LogP) is 1.65. The maximum atomic E-state index is 12.7. The maximum absolute atomic E-state index is 12.7. The van der Waals surface area contributed by atoms with Crippen molar-refractivity contribution < 1.29 is 9.53 Å². The van der Waals surface area contributed by atoms with Crippen molar-refractivity contribution in [3.63, 3.8) is 0 Å². The quantitative estimate of drug-likeness (QED) is 0.705. The Hall–Kier alpha value is -3.12. The molecule has 9 heteroatoms. The monoisotopic (exact) mass is 352 g/mol. The van der Waals surface area contributed by atoms with E-state index in [1.54, 1.807) is 23.1 Å². The summed E-state index contributed by atoms with van der Waals surface area (Å²) in [5.41, 5.74) is 2.24. The van der Waals surface area contributed by atoms with E-state index in [1.165, 1.54) is 12.4 Å². The van der Waals surface area contributed by atoms with Crippen molar-refractivity contribution in [1.29, 1.82) is 5.26 Å². The lowest BCUT2D eigenvalue weighted by atomic mass is 10.2. The fourth-order valence-electron chi connectivity index (χ4n) is 2.75. The highest BCUT2D eigenvalue weighted by Gasteiger charge is 2.29. The molecule has 0 spiro atoms. The SMILES string of the molecule is N#Cc1nccnc1OC1CCN(C(=O)c2ccc3nsnc3c2)C1. The van der Waals surface area contributed by atoms with Crippen LogP contribution in [0.5, 0.6) is 5.88 Å². The molecule has 1 aliphatic heterocycles. The standard InChI is InChI=1S/C16H12N6O2S/c17-8-14-15(19-5-4-18-14)24-11-3-6-22(9-11)16(23)10-1-2-12-13(7-10)21-25-20-12/h1-2,4-5,7,11H,3,6,9H2. The fourth-order valence-corrected chi connectivity index (χ4v) is 3.27. The van der Waals surface area contributed by atoms with Gasteiger partial charge in [-0.05, 0) is 18.2 Å². The molecule has 1 aromatic carbocycles. The van der Waals surface area contributed by atoms with Crippen molar-refractivity contribution in [2.75, 3.05) is 13.1 Å². The molecule has 0 aliphatic carbocycles. The molecular formula is C16H12N6O2S.